The lowest BCUT2D eigenvalue weighted by atomic mass is 10.2. The van der Waals surface area contributed by atoms with Crippen LogP contribution < -0.4 is 0 Å². The zero-order valence-electron chi connectivity index (χ0n) is 20.8. The predicted molar refractivity (Wildman–Crippen MR) is 126 cm³/mol. The fraction of sp³-hybridized carbons (Fsp3) is 0.913. The molecule has 0 aliphatic heterocycles. The van der Waals surface area contributed by atoms with Crippen LogP contribution in [0.4, 0.5) is 9.59 Å². The molecule has 174 valence electrons. The fourth-order valence-corrected chi connectivity index (χ4v) is 3.03. The second kappa shape index (κ2) is 19.8. The summed E-state index contributed by atoms with van der Waals surface area (Å²) in [7, 11) is 5.42. The quantitative estimate of drug-likeness (QED) is 0.372. The average molecular weight is 415 g/mol. The summed E-state index contributed by atoms with van der Waals surface area (Å²) in [4.78, 5) is 30.6. The van der Waals surface area contributed by atoms with Crippen LogP contribution in [0, 0.1) is 0 Å². The first kappa shape index (κ1) is 29.7. The van der Waals surface area contributed by atoms with Crippen molar-refractivity contribution in [3.05, 3.63) is 0 Å². The lowest BCUT2D eigenvalue weighted by Gasteiger charge is -2.28. The lowest BCUT2D eigenvalue weighted by molar-refractivity contribution is 0.159. The molecule has 0 fully saturated rings. The Morgan fingerprint density at radius 1 is 0.552 bits per heavy atom. The van der Waals surface area contributed by atoms with Crippen molar-refractivity contribution < 1.29 is 9.59 Å². The third-order valence-corrected chi connectivity index (χ3v) is 5.02. The number of hydrogen-bond acceptors (Lipinski definition) is 2. The molecule has 6 nitrogen and oxygen atoms in total. The summed E-state index contributed by atoms with van der Waals surface area (Å²) in [5, 5.41) is 0. The number of rotatable bonds is 13. The second-order valence-corrected chi connectivity index (χ2v) is 7.75. The molecule has 0 radical (unpaired) electrons. The standard InChI is InChI=1S/C13H28N2O.C10H22N2O/c1-5-9-10-11-12-15(8-4)13(16)14(6-2)7-3;1-5-6-7-8-9-12(4)10(13)11(2)3/h5-12H2,1-4H3;5-9H2,1-4H3. The normalized spacial score (nSPS) is 10.1. The zero-order valence-corrected chi connectivity index (χ0v) is 20.8. The number of carbonyl (C=O) groups is 2. The van der Waals surface area contributed by atoms with E-state index < -0.39 is 0 Å². The molecule has 0 saturated heterocycles. The molecule has 0 aromatic heterocycles. The van der Waals surface area contributed by atoms with Crippen molar-refractivity contribution in [3.8, 4) is 0 Å². The number of hydrogen-bond donors (Lipinski definition) is 0. The van der Waals surface area contributed by atoms with E-state index in [9.17, 15) is 9.59 Å². The van der Waals surface area contributed by atoms with Gasteiger partial charge in [0.25, 0.3) is 0 Å². The van der Waals surface area contributed by atoms with Gasteiger partial charge in [-0.2, -0.15) is 0 Å². The van der Waals surface area contributed by atoms with Crippen LogP contribution in [0.2, 0.25) is 0 Å². The Labute approximate surface area is 181 Å². The minimum absolute atomic E-state index is 0.0940. The topological polar surface area (TPSA) is 47.1 Å². The maximum absolute atomic E-state index is 12.1. The number of urea groups is 2. The maximum atomic E-state index is 12.1. The van der Waals surface area contributed by atoms with E-state index in [0.717, 1.165) is 45.6 Å². The van der Waals surface area contributed by atoms with Crippen LogP contribution in [0.1, 0.15) is 86.0 Å². The van der Waals surface area contributed by atoms with Crippen molar-refractivity contribution in [2.24, 2.45) is 0 Å². The van der Waals surface area contributed by atoms with E-state index in [-0.39, 0.29) is 12.1 Å². The van der Waals surface area contributed by atoms with Crippen molar-refractivity contribution in [2.75, 3.05) is 53.9 Å². The van der Waals surface area contributed by atoms with E-state index in [1.54, 1.807) is 23.9 Å². The van der Waals surface area contributed by atoms with Crippen LogP contribution in [0.5, 0.6) is 0 Å². The molecule has 0 aliphatic carbocycles. The SMILES string of the molecule is CCCCCCN(C)C(=O)N(C)C.CCCCCCN(CC)C(=O)N(CC)CC. The van der Waals surface area contributed by atoms with Gasteiger partial charge in [0, 0.05) is 53.9 Å². The molecule has 0 aromatic carbocycles. The van der Waals surface area contributed by atoms with Crippen LogP contribution in [0.25, 0.3) is 0 Å². The van der Waals surface area contributed by atoms with Crippen molar-refractivity contribution in [3.63, 3.8) is 0 Å². The van der Waals surface area contributed by atoms with Crippen LogP contribution in [-0.4, -0.2) is 85.5 Å². The van der Waals surface area contributed by atoms with E-state index in [4.69, 9.17) is 0 Å². The smallest absolute Gasteiger partial charge is 0.319 e. The molecule has 29 heavy (non-hydrogen) atoms. The number of unbranched alkanes of at least 4 members (excludes halogenated alkanes) is 6. The minimum Gasteiger partial charge on any atom is -0.331 e. The highest BCUT2D eigenvalue weighted by molar-refractivity contribution is 5.74. The summed E-state index contributed by atoms with van der Waals surface area (Å²) < 4.78 is 0. The van der Waals surface area contributed by atoms with Gasteiger partial charge in [-0.15, -0.1) is 0 Å². The van der Waals surface area contributed by atoms with Gasteiger partial charge in [-0.3, -0.25) is 0 Å². The highest BCUT2D eigenvalue weighted by Gasteiger charge is 2.16. The van der Waals surface area contributed by atoms with Gasteiger partial charge < -0.3 is 19.6 Å². The summed E-state index contributed by atoms with van der Waals surface area (Å²) in [6.07, 6.45) is 9.74. The fourth-order valence-electron chi connectivity index (χ4n) is 3.03. The van der Waals surface area contributed by atoms with Gasteiger partial charge in [0.1, 0.15) is 0 Å². The predicted octanol–water partition coefficient (Wildman–Crippen LogP) is 5.53. The van der Waals surface area contributed by atoms with Crippen LogP contribution in [0.15, 0.2) is 0 Å². The first-order valence-corrected chi connectivity index (χ1v) is 11.8. The van der Waals surface area contributed by atoms with Crippen molar-refractivity contribution in [2.45, 2.75) is 86.0 Å². The van der Waals surface area contributed by atoms with Gasteiger partial charge >= 0.3 is 12.1 Å². The average Bonchev–Trinajstić information content (AvgIpc) is 2.71. The Kier molecular flexibility index (Phi) is 20.3. The van der Waals surface area contributed by atoms with Gasteiger partial charge in [0.2, 0.25) is 0 Å². The monoisotopic (exact) mass is 414 g/mol. The highest BCUT2D eigenvalue weighted by Crippen LogP contribution is 2.05. The first-order chi connectivity index (χ1) is 13.8. The summed E-state index contributed by atoms with van der Waals surface area (Å²) >= 11 is 0. The molecule has 4 amide bonds. The zero-order chi connectivity index (χ0) is 22.7. The van der Waals surface area contributed by atoms with E-state index in [1.165, 1.54) is 38.5 Å². The molecule has 0 rings (SSSR count). The van der Waals surface area contributed by atoms with Crippen molar-refractivity contribution >= 4 is 12.1 Å². The Morgan fingerprint density at radius 2 is 1.00 bits per heavy atom. The van der Waals surface area contributed by atoms with E-state index in [0.29, 0.717) is 0 Å². The molecule has 0 atom stereocenters. The highest BCUT2D eigenvalue weighted by atomic mass is 16.2. The number of carbonyl (C=O) groups excluding carboxylic acids is 2. The summed E-state index contributed by atoms with van der Waals surface area (Å²) in [5.74, 6) is 0. The Hall–Kier alpha value is -1.46. The molecule has 0 spiro atoms. The molecular weight excluding hydrogens is 364 g/mol. The van der Waals surface area contributed by atoms with Gasteiger partial charge in [0.15, 0.2) is 0 Å². The maximum Gasteiger partial charge on any atom is 0.319 e. The third kappa shape index (κ3) is 15.1. The number of nitrogens with zero attached hydrogens (tertiary/aromatic N) is 4. The largest absolute Gasteiger partial charge is 0.331 e. The number of amides is 4. The Balaban J connectivity index is 0. The lowest BCUT2D eigenvalue weighted by Crippen LogP contribution is -2.43. The summed E-state index contributed by atoms with van der Waals surface area (Å²) in [6, 6.07) is 0.292. The van der Waals surface area contributed by atoms with Crippen molar-refractivity contribution in [1.82, 2.24) is 19.6 Å². The van der Waals surface area contributed by atoms with E-state index >= 15 is 0 Å². The van der Waals surface area contributed by atoms with Crippen LogP contribution in [0.3, 0.4) is 0 Å². The molecular formula is C23H50N4O2. The third-order valence-electron chi connectivity index (χ3n) is 5.02. The molecule has 0 bridgehead atoms. The Bertz CT molecular complexity index is 398. The van der Waals surface area contributed by atoms with E-state index in [1.807, 2.05) is 30.7 Å². The van der Waals surface area contributed by atoms with Crippen LogP contribution >= 0.6 is 0 Å². The first-order valence-electron chi connectivity index (χ1n) is 11.8. The molecule has 0 unspecified atom stereocenters. The molecule has 6 heteroatoms. The summed E-state index contributed by atoms with van der Waals surface area (Å²) in [6.45, 7) is 14.7. The second-order valence-electron chi connectivity index (χ2n) is 7.75. The van der Waals surface area contributed by atoms with Gasteiger partial charge in [-0.25, -0.2) is 9.59 Å². The Morgan fingerprint density at radius 3 is 1.38 bits per heavy atom. The van der Waals surface area contributed by atoms with Crippen LogP contribution in [-0.2, 0) is 0 Å². The molecule has 0 aliphatic rings. The van der Waals surface area contributed by atoms with Gasteiger partial charge in [0.05, 0.1) is 0 Å². The van der Waals surface area contributed by atoms with Crippen molar-refractivity contribution in [1.29, 1.82) is 0 Å². The molecule has 0 heterocycles. The molecule has 0 N–H and O–H groups in total. The van der Waals surface area contributed by atoms with E-state index in [2.05, 4.69) is 20.8 Å². The minimum atomic E-state index is 0.0940. The summed E-state index contributed by atoms with van der Waals surface area (Å²) in [5.41, 5.74) is 0. The molecule has 0 aromatic rings. The molecule has 0 saturated carbocycles. The van der Waals surface area contributed by atoms with Gasteiger partial charge in [-0.05, 0) is 33.6 Å². The van der Waals surface area contributed by atoms with Gasteiger partial charge in [-0.1, -0.05) is 52.4 Å².